The van der Waals surface area contributed by atoms with Crippen molar-refractivity contribution in [3.63, 3.8) is 0 Å². The number of halogens is 2. The average Bonchev–Trinajstić information content (AvgIpc) is 2.94. The van der Waals surface area contributed by atoms with Crippen LogP contribution in [0.4, 0.5) is 5.69 Å². The van der Waals surface area contributed by atoms with E-state index in [1.165, 1.54) is 38.3 Å². The van der Waals surface area contributed by atoms with Crippen LogP contribution in [0.1, 0.15) is 11.1 Å². The second-order valence-electron chi connectivity index (χ2n) is 8.90. The third-order valence-electron chi connectivity index (χ3n) is 6.19. The van der Waals surface area contributed by atoms with Crippen LogP contribution in [0.15, 0.2) is 66.7 Å². The SMILES string of the molecule is CNC(=O)[C@@H](Cc1ccccc1)N(Cc1ccc(Cl)c(Cl)c1)C(=O)CN(c1ccc(OC)cc1OC)S(C)(=O)=O. The van der Waals surface area contributed by atoms with Gasteiger partial charge in [-0.05, 0) is 35.4 Å². The normalized spacial score (nSPS) is 11.8. The van der Waals surface area contributed by atoms with Crippen LogP contribution >= 0.6 is 23.2 Å². The first-order valence-corrected chi connectivity index (χ1v) is 14.8. The monoisotopic (exact) mass is 607 g/mol. The Bertz CT molecular complexity index is 1450. The first-order chi connectivity index (χ1) is 19.0. The molecule has 0 saturated heterocycles. The van der Waals surface area contributed by atoms with E-state index < -0.39 is 34.4 Å². The van der Waals surface area contributed by atoms with Gasteiger partial charge in [-0.15, -0.1) is 0 Å². The molecular formula is C28H31Cl2N3O6S. The number of benzene rings is 3. The number of hydrogen-bond acceptors (Lipinski definition) is 6. The molecule has 0 radical (unpaired) electrons. The van der Waals surface area contributed by atoms with Crippen LogP contribution in [0.3, 0.4) is 0 Å². The van der Waals surface area contributed by atoms with Gasteiger partial charge < -0.3 is 19.7 Å². The second-order valence-corrected chi connectivity index (χ2v) is 11.6. The lowest BCUT2D eigenvalue weighted by atomic mass is 10.0. The van der Waals surface area contributed by atoms with Gasteiger partial charge in [-0.25, -0.2) is 8.42 Å². The van der Waals surface area contributed by atoms with Gasteiger partial charge in [0.2, 0.25) is 21.8 Å². The minimum Gasteiger partial charge on any atom is -0.497 e. The van der Waals surface area contributed by atoms with Crippen LogP contribution in [0.25, 0.3) is 0 Å². The molecule has 0 fully saturated rings. The number of hydrogen-bond donors (Lipinski definition) is 1. The van der Waals surface area contributed by atoms with E-state index in [4.69, 9.17) is 32.7 Å². The Hall–Kier alpha value is -3.47. The fourth-order valence-corrected chi connectivity index (χ4v) is 5.31. The minimum atomic E-state index is -3.97. The molecule has 0 aromatic heterocycles. The van der Waals surface area contributed by atoms with Crippen LogP contribution in [0.5, 0.6) is 11.5 Å². The highest BCUT2D eigenvalue weighted by molar-refractivity contribution is 7.92. The fraction of sp³-hybridized carbons (Fsp3) is 0.286. The zero-order valence-corrected chi connectivity index (χ0v) is 24.9. The smallest absolute Gasteiger partial charge is 0.244 e. The third kappa shape index (κ3) is 7.80. The van der Waals surface area contributed by atoms with Gasteiger partial charge in [0, 0.05) is 26.1 Å². The average molecular weight is 609 g/mol. The summed E-state index contributed by atoms with van der Waals surface area (Å²) in [6, 6.07) is 17.7. The molecule has 40 heavy (non-hydrogen) atoms. The molecule has 0 saturated carbocycles. The van der Waals surface area contributed by atoms with Gasteiger partial charge in [-0.3, -0.25) is 13.9 Å². The Balaban J connectivity index is 2.08. The predicted octanol–water partition coefficient (Wildman–Crippen LogP) is 4.16. The molecule has 214 valence electrons. The number of nitrogens with one attached hydrogen (secondary N) is 1. The Kier molecular flexibility index (Phi) is 10.7. The van der Waals surface area contributed by atoms with E-state index in [1.54, 1.807) is 24.3 Å². The van der Waals surface area contributed by atoms with Gasteiger partial charge in [0.15, 0.2) is 0 Å². The highest BCUT2D eigenvalue weighted by Gasteiger charge is 2.33. The summed E-state index contributed by atoms with van der Waals surface area (Å²) < 4.78 is 37.5. The number of carbonyl (C=O) groups excluding carboxylic acids is 2. The van der Waals surface area contributed by atoms with Crippen molar-refractivity contribution in [2.45, 2.75) is 19.0 Å². The van der Waals surface area contributed by atoms with Gasteiger partial charge in [0.25, 0.3) is 0 Å². The number of rotatable bonds is 12. The van der Waals surface area contributed by atoms with E-state index in [1.807, 2.05) is 30.3 Å². The number of amides is 2. The molecule has 1 atom stereocenters. The lowest BCUT2D eigenvalue weighted by Crippen LogP contribution is -2.52. The molecule has 12 heteroatoms. The summed E-state index contributed by atoms with van der Waals surface area (Å²) in [6.45, 7) is -0.622. The molecule has 0 aliphatic rings. The minimum absolute atomic E-state index is 0.0298. The second kappa shape index (κ2) is 13.7. The Morgan fingerprint density at radius 3 is 2.20 bits per heavy atom. The van der Waals surface area contributed by atoms with E-state index in [9.17, 15) is 18.0 Å². The lowest BCUT2D eigenvalue weighted by molar-refractivity contribution is -0.139. The molecule has 0 bridgehead atoms. The summed E-state index contributed by atoms with van der Waals surface area (Å²) in [7, 11) is 0.370. The molecule has 0 aliphatic carbocycles. The maximum Gasteiger partial charge on any atom is 0.244 e. The summed E-state index contributed by atoms with van der Waals surface area (Å²) in [5.74, 6) is -0.381. The van der Waals surface area contributed by atoms with Crippen molar-refractivity contribution in [2.75, 3.05) is 38.4 Å². The molecule has 3 aromatic carbocycles. The van der Waals surface area contributed by atoms with Crippen molar-refractivity contribution in [1.82, 2.24) is 10.2 Å². The van der Waals surface area contributed by atoms with Gasteiger partial charge in [-0.2, -0.15) is 0 Å². The van der Waals surface area contributed by atoms with Crippen LogP contribution < -0.4 is 19.1 Å². The summed E-state index contributed by atoms with van der Waals surface area (Å²) in [4.78, 5) is 28.5. The largest absolute Gasteiger partial charge is 0.497 e. The molecule has 2 amide bonds. The van der Waals surface area contributed by atoms with E-state index in [2.05, 4.69) is 5.32 Å². The molecule has 3 aromatic rings. The zero-order chi connectivity index (χ0) is 29.4. The van der Waals surface area contributed by atoms with E-state index in [0.717, 1.165) is 16.1 Å². The van der Waals surface area contributed by atoms with Crippen molar-refractivity contribution in [1.29, 1.82) is 0 Å². The van der Waals surface area contributed by atoms with Crippen molar-refractivity contribution in [2.24, 2.45) is 0 Å². The van der Waals surface area contributed by atoms with Crippen LogP contribution in [-0.4, -0.2) is 65.2 Å². The van der Waals surface area contributed by atoms with Crippen molar-refractivity contribution in [3.05, 3.63) is 87.9 Å². The lowest BCUT2D eigenvalue weighted by Gasteiger charge is -2.33. The maximum atomic E-state index is 14.0. The quantitative estimate of drug-likeness (QED) is 0.331. The van der Waals surface area contributed by atoms with Gasteiger partial charge in [-0.1, -0.05) is 59.6 Å². The summed E-state index contributed by atoms with van der Waals surface area (Å²) in [5, 5.41) is 3.25. The van der Waals surface area contributed by atoms with Crippen LogP contribution in [-0.2, 0) is 32.6 Å². The van der Waals surface area contributed by atoms with Crippen molar-refractivity contribution in [3.8, 4) is 11.5 Å². The molecule has 0 spiro atoms. The molecule has 0 unspecified atom stereocenters. The summed E-state index contributed by atoms with van der Waals surface area (Å²) >= 11 is 12.3. The first-order valence-electron chi connectivity index (χ1n) is 12.2. The van der Waals surface area contributed by atoms with Gasteiger partial charge >= 0.3 is 0 Å². The fourth-order valence-electron chi connectivity index (χ4n) is 4.14. The Labute approximate surface area is 244 Å². The zero-order valence-electron chi connectivity index (χ0n) is 22.6. The van der Waals surface area contributed by atoms with Crippen molar-refractivity contribution < 1.29 is 27.5 Å². The molecular weight excluding hydrogens is 577 g/mol. The van der Waals surface area contributed by atoms with Crippen molar-refractivity contribution >= 4 is 50.7 Å². The predicted molar refractivity (Wildman–Crippen MR) is 157 cm³/mol. The Morgan fingerprint density at radius 2 is 1.62 bits per heavy atom. The number of nitrogens with zero attached hydrogens (tertiary/aromatic N) is 2. The topological polar surface area (TPSA) is 105 Å². The maximum absolute atomic E-state index is 14.0. The molecule has 1 N–H and O–H groups in total. The summed E-state index contributed by atoms with van der Waals surface area (Å²) in [5.41, 5.74) is 1.57. The number of sulfonamides is 1. The molecule has 0 aliphatic heterocycles. The number of likely N-dealkylation sites (N-methyl/N-ethyl adjacent to an activating group) is 1. The highest BCUT2D eigenvalue weighted by Crippen LogP contribution is 2.34. The number of ether oxygens (including phenoxy) is 2. The number of methoxy groups -OCH3 is 2. The van der Waals surface area contributed by atoms with E-state index >= 15 is 0 Å². The number of anilines is 1. The Morgan fingerprint density at radius 1 is 0.925 bits per heavy atom. The van der Waals surface area contributed by atoms with Gasteiger partial charge in [0.1, 0.15) is 24.1 Å². The standard InChI is InChI=1S/C28H31Cl2N3O6S/c1-31-28(35)25(15-19-8-6-5-7-9-19)32(17-20-10-12-22(29)23(30)14-20)27(34)18-33(40(4,36)37)24-13-11-21(38-2)16-26(24)39-3/h5-14,16,25H,15,17-18H2,1-4H3,(H,31,35)/t25-/m1/s1. The molecule has 0 heterocycles. The molecule has 9 nitrogen and oxygen atoms in total. The summed E-state index contributed by atoms with van der Waals surface area (Å²) in [6.07, 6.45) is 1.19. The van der Waals surface area contributed by atoms with E-state index in [-0.39, 0.29) is 29.4 Å². The molecule has 3 rings (SSSR count). The van der Waals surface area contributed by atoms with Gasteiger partial charge in [0.05, 0.1) is 36.2 Å². The van der Waals surface area contributed by atoms with E-state index in [0.29, 0.717) is 16.3 Å². The first kappa shape index (κ1) is 31.1. The third-order valence-corrected chi connectivity index (χ3v) is 8.05. The highest BCUT2D eigenvalue weighted by atomic mass is 35.5. The number of carbonyl (C=O) groups is 2. The van der Waals surface area contributed by atoms with Crippen LogP contribution in [0.2, 0.25) is 10.0 Å². The van der Waals surface area contributed by atoms with Crippen LogP contribution in [0, 0.1) is 0 Å².